The fraction of sp³-hybridized carbons (Fsp3) is 0.333. The van der Waals surface area contributed by atoms with Crippen molar-refractivity contribution in [1.82, 2.24) is 5.43 Å². The zero-order valence-corrected chi connectivity index (χ0v) is 3.74. The largest absolute Gasteiger partial charge is 0.297 e. The maximum Gasteiger partial charge on any atom is 0.134 e. The SMILES string of the molecule is ClC1[C]NN=C1. The number of hydrogen-bond acceptors (Lipinski definition) is 2. The third-order valence-electron chi connectivity index (χ3n) is 0.472. The Morgan fingerprint density at radius 2 is 2.83 bits per heavy atom. The van der Waals surface area contributed by atoms with Gasteiger partial charge in [-0.3, -0.25) is 5.43 Å². The van der Waals surface area contributed by atoms with Gasteiger partial charge in [-0.25, -0.2) is 0 Å². The van der Waals surface area contributed by atoms with Crippen molar-refractivity contribution < 1.29 is 0 Å². The van der Waals surface area contributed by atoms with Gasteiger partial charge in [-0.2, -0.15) is 5.10 Å². The van der Waals surface area contributed by atoms with Crippen LogP contribution in [-0.4, -0.2) is 11.6 Å². The van der Waals surface area contributed by atoms with Gasteiger partial charge in [-0.05, 0) is 0 Å². The summed E-state index contributed by atoms with van der Waals surface area (Å²) in [5.41, 5.74) is 2.46. The van der Waals surface area contributed by atoms with Crippen molar-refractivity contribution in [2.24, 2.45) is 5.10 Å². The molecule has 32 valence electrons. The van der Waals surface area contributed by atoms with Gasteiger partial charge in [0, 0.05) is 6.21 Å². The van der Waals surface area contributed by atoms with Gasteiger partial charge in [0.1, 0.15) is 11.9 Å². The predicted octanol–water partition coefficient (Wildman–Crippen LogP) is 0.222. The molecule has 2 radical (unpaired) electrons. The molecule has 0 saturated heterocycles. The van der Waals surface area contributed by atoms with Gasteiger partial charge in [-0.1, -0.05) is 0 Å². The standard InChI is InChI=1S/C3H3ClN2/c4-3-1-5-6-2-3/h1,3,6H. The van der Waals surface area contributed by atoms with Crippen LogP contribution in [0.2, 0.25) is 0 Å². The average molecular weight is 103 g/mol. The van der Waals surface area contributed by atoms with E-state index in [1.807, 2.05) is 0 Å². The summed E-state index contributed by atoms with van der Waals surface area (Å²) in [6.07, 6.45) is 1.57. The number of hydrogen-bond donors (Lipinski definition) is 1. The summed E-state index contributed by atoms with van der Waals surface area (Å²) in [5, 5.41) is 3.41. The van der Waals surface area contributed by atoms with Crippen LogP contribution in [0.25, 0.3) is 0 Å². The summed E-state index contributed by atoms with van der Waals surface area (Å²) in [4.78, 5) is 0. The Labute approximate surface area is 41.2 Å². The maximum absolute atomic E-state index is 5.39. The molecule has 0 aromatic carbocycles. The van der Waals surface area contributed by atoms with E-state index in [4.69, 9.17) is 11.6 Å². The normalized spacial score (nSPS) is 30.5. The molecule has 0 spiro atoms. The second-order valence-corrected chi connectivity index (χ2v) is 1.41. The number of alkyl halides is 1. The molecule has 0 aromatic heterocycles. The van der Waals surface area contributed by atoms with Crippen LogP contribution in [0.15, 0.2) is 5.10 Å². The van der Waals surface area contributed by atoms with E-state index in [-0.39, 0.29) is 5.38 Å². The van der Waals surface area contributed by atoms with Crippen LogP contribution in [0.5, 0.6) is 0 Å². The van der Waals surface area contributed by atoms with E-state index in [0.717, 1.165) is 0 Å². The quantitative estimate of drug-likeness (QED) is 0.435. The van der Waals surface area contributed by atoms with Crippen molar-refractivity contribution in [2.45, 2.75) is 5.38 Å². The molecular formula is C3H3ClN2. The fourth-order valence-corrected chi connectivity index (χ4v) is 0.344. The summed E-state index contributed by atoms with van der Waals surface area (Å²) >= 11 is 5.39. The van der Waals surface area contributed by atoms with Crippen molar-refractivity contribution in [3.63, 3.8) is 0 Å². The van der Waals surface area contributed by atoms with E-state index in [0.29, 0.717) is 0 Å². The molecule has 0 bridgehead atoms. The van der Waals surface area contributed by atoms with E-state index in [1.54, 1.807) is 6.21 Å². The highest BCUT2D eigenvalue weighted by atomic mass is 35.5. The molecule has 3 heteroatoms. The smallest absolute Gasteiger partial charge is 0.134 e. The molecule has 1 unspecified atom stereocenters. The second-order valence-electron chi connectivity index (χ2n) is 0.936. The summed E-state index contributed by atoms with van der Waals surface area (Å²) in [6, 6.07) is 0. The first-order chi connectivity index (χ1) is 2.89. The van der Waals surface area contributed by atoms with E-state index >= 15 is 0 Å². The van der Waals surface area contributed by atoms with Gasteiger partial charge < -0.3 is 0 Å². The number of hydrazone groups is 1. The van der Waals surface area contributed by atoms with Gasteiger partial charge in [0.15, 0.2) is 0 Å². The zero-order chi connectivity index (χ0) is 4.41. The Morgan fingerprint density at radius 1 is 2.00 bits per heavy atom. The second kappa shape index (κ2) is 1.47. The minimum absolute atomic E-state index is 0.134. The lowest BCUT2D eigenvalue weighted by atomic mass is 10.5. The minimum atomic E-state index is -0.134. The van der Waals surface area contributed by atoms with Gasteiger partial charge in [0.25, 0.3) is 0 Å². The molecule has 2 nitrogen and oxygen atoms in total. The lowest BCUT2D eigenvalue weighted by molar-refractivity contribution is 0.920. The van der Waals surface area contributed by atoms with Crippen LogP contribution in [0.3, 0.4) is 0 Å². The average Bonchev–Trinajstić information content (AvgIpc) is 1.86. The molecule has 0 fully saturated rings. The molecule has 1 aliphatic rings. The number of halogens is 1. The van der Waals surface area contributed by atoms with Crippen LogP contribution < -0.4 is 5.43 Å². The Morgan fingerprint density at radius 3 is 3.00 bits per heavy atom. The first-order valence-electron chi connectivity index (χ1n) is 1.57. The van der Waals surface area contributed by atoms with Crippen molar-refractivity contribution in [2.75, 3.05) is 0 Å². The van der Waals surface area contributed by atoms with Crippen LogP contribution in [0.4, 0.5) is 0 Å². The summed E-state index contributed by atoms with van der Waals surface area (Å²) in [6.45, 7) is 2.61. The highest BCUT2D eigenvalue weighted by molar-refractivity contribution is 6.29. The lowest BCUT2D eigenvalue weighted by Gasteiger charge is -1.82. The fourth-order valence-electron chi connectivity index (χ4n) is 0.239. The predicted molar refractivity (Wildman–Crippen MR) is 24.5 cm³/mol. The van der Waals surface area contributed by atoms with Crippen molar-refractivity contribution in [1.29, 1.82) is 0 Å². The molecule has 0 aliphatic carbocycles. The molecule has 1 heterocycles. The molecule has 6 heavy (non-hydrogen) atoms. The Bertz CT molecular complexity index is 71.2. The van der Waals surface area contributed by atoms with Gasteiger partial charge in [-0.15, -0.1) is 11.6 Å². The Hall–Kier alpha value is -0.240. The van der Waals surface area contributed by atoms with Crippen LogP contribution in [0.1, 0.15) is 0 Å². The highest BCUT2D eigenvalue weighted by Gasteiger charge is 2.04. The molecule has 1 atom stereocenters. The molecule has 0 saturated carbocycles. The van der Waals surface area contributed by atoms with Crippen LogP contribution in [0, 0.1) is 6.54 Å². The maximum atomic E-state index is 5.39. The van der Waals surface area contributed by atoms with Crippen LogP contribution >= 0.6 is 11.6 Å². The first kappa shape index (κ1) is 3.93. The Balaban J connectivity index is 2.38. The van der Waals surface area contributed by atoms with Crippen molar-refractivity contribution in [3.05, 3.63) is 6.54 Å². The summed E-state index contributed by atoms with van der Waals surface area (Å²) in [5.74, 6) is 0. The lowest BCUT2D eigenvalue weighted by Crippen LogP contribution is -1.99. The van der Waals surface area contributed by atoms with Crippen LogP contribution in [-0.2, 0) is 0 Å². The topological polar surface area (TPSA) is 24.4 Å². The van der Waals surface area contributed by atoms with E-state index in [2.05, 4.69) is 17.1 Å². The molecule has 1 aliphatic heterocycles. The monoisotopic (exact) mass is 102 g/mol. The van der Waals surface area contributed by atoms with Gasteiger partial charge in [0.05, 0.1) is 0 Å². The number of rotatable bonds is 0. The zero-order valence-electron chi connectivity index (χ0n) is 2.98. The first-order valence-corrected chi connectivity index (χ1v) is 2.01. The minimum Gasteiger partial charge on any atom is -0.297 e. The molecular weight excluding hydrogens is 99.5 g/mol. The van der Waals surface area contributed by atoms with Crippen molar-refractivity contribution >= 4 is 17.8 Å². The van der Waals surface area contributed by atoms with E-state index in [9.17, 15) is 0 Å². The third kappa shape index (κ3) is 0.627. The van der Waals surface area contributed by atoms with E-state index in [1.165, 1.54) is 0 Å². The molecule has 0 aromatic rings. The summed E-state index contributed by atoms with van der Waals surface area (Å²) in [7, 11) is 0. The highest BCUT2D eigenvalue weighted by Crippen LogP contribution is 1.97. The number of nitrogens with one attached hydrogen (secondary N) is 1. The van der Waals surface area contributed by atoms with Gasteiger partial charge >= 0.3 is 0 Å². The van der Waals surface area contributed by atoms with Gasteiger partial charge in [0.2, 0.25) is 0 Å². The molecule has 1 rings (SSSR count). The van der Waals surface area contributed by atoms with E-state index < -0.39 is 0 Å². The summed E-state index contributed by atoms with van der Waals surface area (Å²) < 4.78 is 0. The third-order valence-corrected chi connectivity index (χ3v) is 0.694. The molecule has 0 amide bonds. The number of nitrogens with zero attached hydrogens (tertiary/aromatic N) is 1. The molecule has 1 N–H and O–H groups in total. The van der Waals surface area contributed by atoms with Crippen molar-refractivity contribution in [3.8, 4) is 0 Å². The Kier molecular flexibility index (Phi) is 0.965.